The van der Waals surface area contributed by atoms with E-state index in [2.05, 4.69) is 19.2 Å². The Morgan fingerprint density at radius 3 is 2.55 bits per heavy atom. The third-order valence-electron chi connectivity index (χ3n) is 1.70. The Morgan fingerprint density at radius 2 is 2.09 bits per heavy atom. The van der Waals surface area contributed by atoms with E-state index in [4.69, 9.17) is 0 Å². The molecule has 0 heteroatoms. The van der Waals surface area contributed by atoms with Crippen LogP contribution in [0, 0.1) is 13.0 Å². The highest BCUT2D eigenvalue weighted by Crippen LogP contribution is 2.15. The first kappa shape index (κ1) is 7.80. The van der Waals surface area contributed by atoms with Crippen molar-refractivity contribution >= 4 is 12.2 Å². The molecule has 0 bridgehead atoms. The van der Waals surface area contributed by atoms with E-state index in [1.807, 2.05) is 31.2 Å². The second-order valence-electron chi connectivity index (χ2n) is 2.38. The molecule has 0 saturated heterocycles. The molecule has 1 rings (SSSR count). The van der Waals surface area contributed by atoms with Crippen LogP contribution in [-0.2, 0) is 0 Å². The quantitative estimate of drug-likeness (QED) is 0.596. The number of hydrogen-bond donors (Lipinski definition) is 0. The Hall–Kier alpha value is -1.30. The molecular weight excluding hydrogens is 132 g/mol. The summed E-state index contributed by atoms with van der Waals surface area (Å²) in [6.45, 7) is 9.47. The minimum atomic E-state index is 1.12. The predicted octanol–water partition coefficient (Wildman–Crippen LogP) is 3.08. The zero-order valence-electron chi connectivity index (χ0n) is 6.72. The van der Waals surface area contributed by atoms with Gasteiger partial charge >= 0.3 is 0 Å². The Kier molecular flexibility index (Phi) is 2.27. The van der Waals surface area contributed by atoms with Gasteiger partial charge in [0.1, 0.15) is 0 Å². The fourth-order valence-corrected chi connectivity index (χ4v) is 1.09. The Bertz CT molecular complexity index is 282. The maximum Gasteiger partial charge on any atom is -0.0145 e. The molecule has 0 aromatic heterocycles. The zero-order valence-corrected chi connectivity index (χ0v) is 6.72. The number of hydrogen-bond acceptors (Lipinski definition) is 0. The minimum absolute atomic E-state index is 1.12. The number of rotatable bonds is 2. The molecule has 0 nitrogen and oxygen atoms in total. The van der Waals surface area contributed by atoms with Crippen LogP contribution in [0.15, 0.2) is 25.3 Å². The summed E-state index contributed by atoms with van der Waals surface area (Å²) in [7, 11) is 0. The van der Waals surface area contributed by atoms with Crippen LogP contribution in [0.4, 0.5) is 0 Å². The maximum absolute atomic E-state index is 3.73. The molecule has 0 fully saturated rings. The molecule has 0 heterocycles. The van der Waals surface area contributed by atoms with Crippen molar-refractivity contribution in [1.29, 1.82) is 0 Å². The maximum atomic E-state index is 3.73. The average Bonchev–Trinajstić information content (AvgIpc) is 2.04. The predicted molar refractivity (Wildman–Crippen MR) is 50.2 cm³/mol. The molecule has 0 N–H and O–H groups in total. The highest BCUT2D eigenvalue weighted by Gasteiger charge is 1.96. The minimum Gasteiger partial charge on any atom is -0.0984 e. The first-order valence-corrected chi connectivity index (χ1v) is 3.55. The normalized spacial score (nSPS) is 9.18. The van der Waals surface area contributed by atoms with Gasteiger partial charge in [0.2, 0.25) is 0 Å². The van der Waals surface area contributed by atoms with E-state index >= 15 is 0 Å². The van der Waals surface area contributed by atoms with E-state index in [0.717, 1.165) is 16.7 Å². The summed E-state index contributed by atoms with van der Waals surface area (Å²) >= 11 is 0. The van der Waals surface area contributed by atoms with Crippen molar-refractivity contribution in [1.82, 2.24) is 0 Å². The zero-order chi connectivity index (χ0) is 8.27. The Balaban J connectivity index is 3.35. The molecule has 0 aliphatic heterocycles. The van der Waals surface area contributed by atoms with Gasteiger partial charge in [-0.05, 0) is 29.7 Å². The standard InChI is InChI=1S/C11H11/c1-4-10-8-6-7-9(3)11(10)5-2/h4-6,8H,1-2H2,3H3. The highest BCUT2D eigenvalue weighted by molar-refractivity contribution is 5.65. The number of benzene rings is 1. The van der Waals surface area contributed by atoms with E-state index in [0.29, 0.717) is 0 Å². The SMILES string of the molecule is C=Cc1cc[c]c(C)c1C=C. The lowest BCUT2D eigenvalue weighted by Gasteiger charge is -2.02. The smallest absolute Gasteiger partial charge is 0.0145 e. The molecular formula is C11H11. The molecule has 0 aliphatic carbocycles. The summed E-state index contributed by atoms with van der Waals surface area (Å²) in [6.07, 6.45) is 3.67. The van der Waals surface area contributed by atoms with E-state index < -0.39 is 0 Å². The third kappa shape index (κ3) is 1.40. The lowest BCUT2D eigenvalue weighted by molar-refractivity contribution is 1.42. The van der Waals surface area contributed by atoms with E-state index in [-0.39, 0.29) is 0 Å². The van der Waals surface area contributed by atoms with E-state index in [1.54, 1.807) is 0 Å². The second kappa shape index (κ2) is 3.20. The molecule has 0 unspecified atom stereocenters. The van der Waals surface area contributed by atoms with Crippen LogP contribution in [-0.4, -0.2) is 0 Å². The van der Waals surface area contributed by atoms with Gasteiger partial charge in [-0.1, -0.05) is 37.4 Å². The summed E-state index contributed by atoms with van der Waals surface area (Å²) in [5.74, 6) is 0. The van der Waals surface area contributed by atoms with Gasteiger partial charge in [-0.25, -0.2) is 0 Å². The van der Waals surface area contributed by atoms with E-state index in [9.17, 15) is 0 Å². The molecule has 0 saturated carbocycles. The Labute approximate surface area is 67.9 Å². The Morgan fingerprint density at radius 1 is 1.36 bits per heavy atom. The van der Waals surface area contributed by atoms with Crippen LogP contribution in [0.25, 0.3) is 12.2 Å². The highest BCUT2D eigenvalue weighted by atomic mass is 14.0. The topological polar surface area (TPSA) is 0 Å². The molecule has 0 atom stereocenters. The molecule has 1 radical (unpaired) electrons. The van der Waals surface area contributed by atoms with Crippen LogP contribution < -0.4 is 0 Å². The van der Waals surface area contributed by atoms with Crippen molar-refractivity contribution in [2.24, 2.45) is 0 Å². The fraction of sp³-hybridized carbons (Fsp3) is 0.0909. The van der Waals surface area contributed by atoms with Gasteiger partial charge in [-0.2, -0.15) is 0 Å². The van der Waals surface area contributed by atoms with E-state index in [1.165, 1.54) is 0 Å². The van der Waals surface area contributed by atoms with Gasteiger partial charge in [-0.3, -0.25) is 0 Å². The van der Waals surface area contributed by atoms with Gasteiger partial charge in [0.05, 0.1) is 0 Å². The van der Waals surface area contributed by atoms with Gasteiger partial charge < -0.3 is 0 Å². The van der Waals surface area contributed by atoms with Crippen molar-refractivity contribution < 1.29 is 0 Å². The van der Waals surface area contributed by atoms with Crippen LogP contribution in [0.5, 0.6) is 0 Å². The molecule has 55 valence electrons. The lowest BCUT2D eigenvalue weighted by Crippen LogP contribution is -1.84. The molecule has 11 heavy (non-hydrogen) atoms. The summed E-state index contributed by atoms with van der Waals surface area (Å²) in [6, 6.07) is 6.99. The average molecular weight is 143 g/mol. The molecule has 1 aromatic carbocycles. The molecule has 0 spiro atoms. The van der Waals surface area contributed by atoms with Crippen molar-refractivity contribution in [2.45, 2.75) is 6.92 Å². The lowest BCUT2D eigenvalue weighted by atomic mass is 10.0. The van der Waals surface area contributed by atoms with Gasteiger partial charge in [0.15, 0.2) is 0 Å². The first-order chi connectivity index (χ1) is 5.29. The summed E-state index contributed by atoms with van der Waals surface area (Å²) in [5.41, 5.74) is 3.37. The molecule has 0 aliphatic rings. The molecule has 1 aromatic rings. The van der Waals surface area contributed by atoms with Crippen molar-refractivity contribution in [2.75, 3.05) is 0 Å². The summed E-state index contributed by atoms with van der Waals surface area (Å²) in [5, 5.41) is 0. The van der Waals surface area contributed by atoms with Crippen LogP contribution in [0.3, 0.4) is 0 Å². The monoisotopic (exact) mass is 143 g/mol. The molecule has 0 amide bonds. The van der Waals surface area contributed by atoms with Gasteiger partial charge in [0, 0.05) is 0 Å². The van der Waals surface area contributed by atoms with Crippen molar-refractivity contribution in [3.05, 3.63) is 48.0 Å². The third-order valence-corrected chi connectivity index (χ3v) is 1.70. The van der Waals surface area contributed by atoms with Crippen molar-refractivity contribution in [3.8, 4) is 0 Å². The number of aryl methyl sites for hydroxylation is 1. The van der Waals surface area contributed by atoms with Crippen LogP contribution >= 0.6 is 0 Å². The second-order valence-corrected chi connectivity index (χ2v) is 2.38. The van der Waals surface area contributed by atoms with Gasteiger partial charge in [-0.15, -0.1) is 0 Å². The first-order valence-electron chi connectivity index (χ1n) is 3.55. The van der Waals surface area contributed by atoms with Crippen molar-refractivity contribution in [3.63, 3.8) is 0 Å². The van der Waals surface area contributed by atoms with Crippen LogP contribution in [0.2, 0.25) is 0 Å². The largest absolute Gasteiger partial charge is 0.0984 e. The fourth-order valence-electron chi connectivity index (χ4n) is 1.09. The summed E-state index contributed by atoms with van der Waals surface area (Å²) in [4.78, 5) is 0. The summed E-state index contributed by atoms with van der Waals surface area (Å²) < 4.78 is 0. The van der Waals surface area contributed by atoms with Gasteiger partial charge in [0.25, 0.3) is 0 Å². The van der Waals surface area contributed by atoms with Crippen LogP contribution in [0.1, 0.15) is 16.7 Å².